The van der Waals surface area contributed by atoms with Crippen LogP contribution < -0.4 is 5.73 Å². The number of anilines is 1. The Morgan fingerprint density at radius 1 is 1.35 bits per heavy atom. The summed E-state index contributed by atoms with van der Waals surface area (Å²) in [4.78, 5) is 11.7. The molecule has 2 N–H and O–H groups in total. The van der Waals surface area contributed by atoms with E-state index in [1.165, 1.54) is 6.07 Å². The van der Waals surface area contributed by atoms with Gasteiger partial charge >= 0.3 is 5.97 Å². The van der Waals surface area contributed by atoms with Gasteiger partial charge in [-0.25, -0.2) is 9.18 Å². The summed E-state index contributed by atoms with van der Waals surface area (Å²) in [6.45, 7) is 7.26. The molecule has 17 heavy (non-hydrogen) atoms. The first-order chi connectivity index (χ1) is 7.82. The number of benzene rings is 1. The van der Waals surface area contributed by atoms with E-state index in [1.54, 1.807) is 13.8 Å². The summed E-state index contributed by atoms with van der Waals surface area (Å²) >= 11 is 0. The molecule has 0 saturated carbocycles. The standard InChI is InChI=1S/C13H18FNO2/c1-7(2)9(4)17-13(16)10-5-11(14)8(3)12(15)6-10/h5-7,9H,15H2,1-4H3. The average molecular weight is 239 g/mol. The number of halogens is 1. The first-order valence-electron chi connectivity index (χ1n) is 5.59. The van der Waals surface area contributed by atoms with Crippen molar-refractivity contribution in [1.82, 2.24) is 0 Å². The summed E-state index contributed by atoms with van der Waals surface area (Å²) in [6.07, 6.45) is -0.215. The molecule has 0 aliphatic carbocycles. The van der Waals surface area contributed by atoms with E-state index >= 15 is 0 Å². The second-order valence-corrected chi connectivity index (χ2v) is 4.53. The van der Waals surface area contributed by atoms with Crippen molar-refractivity contribution in [3.8, 4) is 0 Å². The Morgan fingerprint density at radius 2 is 1.94 bits per heavy atom. The van der Waals surface area contributed by atoms with Crippen LogP contribution in [-0.4, -0.2) is 12.1 Å². The first-order valence-corrected chi connectivity index (χ1v) is 5.59. The Bertz CT molecular complexity index is 406. The van der Waals surface area contributed by atoms with Gasteiger partial charge in [0, 0.05) is 11.3 Å². The second-order valence-electron chi connectivity index (χ2n) is 4.53. The predicted molar refractivity (Wildman–Crippen MR) is 65.3 cm³/mol. The molecule has 0 aliphatic rings. The molecule has 0 amide bonds. The van der Waals surface area contributed by atoms with Crippen LogP contribution in [0.15, 0.2) is 12.1 Å². The summed E-state index contributed by atoms with van der Waals surface area (Å²) in [5.41, 5.74) is 6.36. The summed E-state index contributed by atoms with van der Waals surface area (Å²) < 4.78 is 18.6. The SMILES string of the molecule is Cc1c(N)cc(C(=O)OC(C)C(C)C)cc1F. The van der Waals surface area contributed by atoms with Crippen molar-refractivity contribution in [2.45, 2.75) is 33.8 Å². The Morgan fingerprint density at radius 3 is 2.41 bits per heavy atom. The fourth-order valence-electron chi connectivity index (χ4n) is 1.19. The summed E-state index contributed by atoms with van der Waals surface area (Å²) in [5.74, 6) is -0.822. The van der Waals surface area contributed by atoms with Crippen molar-refractivity contribution in [2.24, 2.45) is 5.92 Å². The van der Waals surface area contributed by atoms with Gasteiger partial charge in [0.15, 0.2) is 0 Å². The van der Waals surface area contributed by atoms with E-state index < -0.39 is 11.8 Å². The number of hydrogen-bond donors (Lipinski definition) is 1. The van der Waals surface area contributed by atoms with Crippen LogP contribution in [0.5, 0.6) is 0 Å². The van der Waals surface area contributed by atoms with Crippen molar-refractivity contribution in [3.63, 3.8) is 0 Å². The van der Waals surface area contributed by atoms with Gasteiger partial charge in [-0.2, -0.15) is 0 Å². The smallest absolute Gasteiger partial charge is 0.338 e. The van der Waals surface area contributed by atoms with Crippen LogP contribution in [0.25, 0.3) is 0 Å². The molecule has 3 nitrogen and oxygen atoms in total. The molecule has 1 aromatic carbocycles. The van der Waals surface area contributed by atoms with Crippen molar-refractivity contribution in [3.05, 3.63) is 29.1 Å². The monoisotopic (exact) mass is 239 g/mol. The van der Waals surface area contributed by atoms with Crippen LogP contribution in [0.2, 0.25) is 0 Å². The van der Waals surface area contributed by atoms with Gasteiger partial charge in [0.2, 0.25) is 0 Å². The number of carbonyl (C=O) groups is 1. The molecule has 0 bridgehead atoms. The van der Waals surface area contributed by atoms with E-state index in [4.69, 9.17) is 10.5 Å². The number of esters is 1. The van der Waals surface area contributed by atoms with Gasteiger partial charge in [-0.1, -0.05) is 13.8 Å². The maximum Gasteiger partial charge on any atom is 0.338 e. The minimum absolute atomic E-state index is 0.151. The molecule has 0 saturated heterocycles. The zero-order chi connectivity index (χ0) is 13.2. The van der Waals surface area contributed by atoms with E-state index in [-0.39, 0.29) is 23.3 Å². The topological polar surface area (TPSA) is 52.3 Å². The zero-order valence-electron chi connectivity index (χ0n) is 10.6. The summed E-state index contributed by atoms with van der Waals surface area (Å²) in [6, 6.07) is 2.59. The highest BCUT2D eigenvalue weighted by molar-refractivity contribution is 5.90. The third kappa shape index (κ3) is 3.19. The average Bonchev–Trinajstić information content (AvgIpc) is 2.24. The first kappa shape index (κ1) is 13.5. The molecular formula is C13H18FNO2. The Kier molecular flexibility index (Phi) is 4.10. The highest BCUT2D eigenvalue weighted by Gasteiger charge is 2.16. The molecule has 1 atom stereocenters. The largest absolute Gasteiger partial charge is 0.459 e. The maximum atomic E-state index is 13.4. The summed E-state index contributed by atoms with van der Waals surface area (Å²) in [5, 5.41) is 0. The third-order valence-corrected chi connectivity index (χ3v) is 2.85. The highest BCUT2D eigenvalue weighted by atomic mass is 19.1. The molecule has 0 aliphatic heterocycles. The quantitative estimate of drug-likeness (QED) is 0.651. The number of hydrogen-bond acceptors (Lipinski definition) is 3. The van der Waals surface area contributed by atoms with Gasteiger partial charge in [0.25, 0.3) is 0 Å². The molecule has 4 heteroatoms. The molecule has 1 unspecified atom stereocenters. The molecule has 0 aromatic heterocycles. The minimum atomic E-state index is -0.545. The number of ether oxygens (including phenoxy) is 1. The van der Waals surface area contributed by atoms with Crippen molar-refractivity contribution >= 4 is 11.7 Å². The van der Waals surface area contributed by atoms with E-state index in [2.05, 4.69) is 0 Å². The Balaban J connectivity index is 2.90. The lowest BCUT2D eigenvalue weighted by atomic mass is 10.1. The Labute approximate surface area is 101 Å². The van der Waals surface area contributed by atoms with Crippen LogP contribution >= 0.6 is 0 Å². The fraction of sp³-hybridized carbons (Fsp3) is 0.462. The van der Waals surface area contributed by atoms with Gasteiger partial charge < -0.3 is 10.5 Å². The molecular weight excluding hydrogens is 221 g/mol. The fourth-order valence-corrected chi connectivity index (χ4v) is 1.19. The van der Waals surface area contributed by atoms with Crippen molar-refractivity contribution < 1.29 is 13.9 Å². The lowest BCUT2D eigenvalue weighted by Gasteiger charge is -2.17. The van der Waals surface area contributed by atoms with Gasteiger partial charge in [-0.15, -0.1) is 0 Å². The maximum absolute atomic E-state index is 13.4. The molecule has 1 aromatic rings. The lowest BCUT2D eigenvalue weighted by molar-refractivity contribution is 0.0237. The predicted octanol–water partition coefficient (Wildman–Crippen LogP) is 2.92. The number of rotatable bonds is 3. The Hall–Kier alpha value is -1.58. The van der Waals surface area contributed by atoms with Crippen LogP contribution in [0.3, 0.4) is 0 Å². The molecule has 0 spiro atoms. The molecule has 1 rings (SSSR count). The molecule has 0 radical (unpaired) electrons. The lowest BCUT2D eigenvalue weighted by Crippen LogP contribution is -2.20. The zero-order valence-corrected chi connectivity index (χ0v) is 10.6. The van der Waals surface area contributed by atoms with E-state index in [9.17, 15) is 9.18 Å². The van der Waals surface area contributed by atoms with Crippen molar-refractivity contribution in [1.29, 1.82) is 0 Å². The molecule has 0 heterocycles. The van der Waals surface area contributed by atoms with Gasteiger partial charge in [0.05, 0.1) is 5.56 Å². The van der Waals surface area contributed by atoms with E-state index in [0.29, 0.717) is 5.56 Å². The number of nitrogens with two attached hydrogens (primary N) is 1. The normalized spacial score (nSPS) is 12.6. The van der Waals surface area contributed by atoms with Crippen LogP contribution in [0, 0.1) is 18.7 Å². The number of carbonyl (C=O) groups excluding carboxylic acids is 1. The van der Waals surface area contributed by atoms with E-state index in [0.717, 1.165) is 6.07 Å². The van der Waals surface area contributed by atoms with Gasteiger partial charge in [-0.3, -0.25) is 0 Å². The molecule has 0 fully saturated rings. The van der Waals surface area contributed by atoms with E-state index in [1.807, 2.05) is 13.8 Å². The van der Waals surface area contributed by atoms with Gasteiger partial charge in [-0.05, 0) is 31.9 Å². The third-order valence-electron chi connectivity index (χ3n) is 2.85. The van der Waals surface area contributed by atoms with Crippen LogP contribution in [0.4, 0.5) is 10.1 Å². The highest BCUT2D eigenvalue weighted by Crippen LogP contribution is 2.19. The van der Waals surface area contributed by atoms with Crippen molar-refractivity contribution in [2.75, 3.05) is 5.73 Å². The number of nitrogen functional groups attached to an aromatic ring is 1. The second kappa shape index (κ2) is 5.17. The van der Waals surface area contributed by atoms with Crippen LogP contribution in [0.1, 0.15) is 36.7 Å². The summed E-state index contributed by atoms with van der Waals surface area (Å²) in [7, 11) is 0. The van der Waals surface area contributed by atoms with Crippen LogP contribution in [-0.2, 0) is 4.74 Å². The van der Waals surface area contributed by atoms with Gasteiger partial charge in [0.1, 0.15) is 11.9 Å². The minimum Gasteiger partial charge on any atom is -0.459 e. The molecule has 94 valence electrons.